The predicted molar refractivity (Wildman–Crippen MR) is 97.1 cm³/mol. The lowest BCUT2D eigenvalue weighted by Gasteiger charge is -2.19. The molecule has 3 aromatic rings. The van der Waals surface area contributed by atoms with E-state index in [1.54, 1.807) is 0 Å². The van der Waals surface area contributed by atoms with E-state index in [-0.39, 0.29) is 17.7 Å². The molecule has 138 valence electrons. The van der Waals surface area contributed by atoms with Gasteiger partial charge >= 0.3 is 0 Å². The second-order valence-electron chi connectivity index (χ2n) is 7.58. The van der Waals surface area contributed by atoms with E-state index >= 15 is 0 Å². The maximum absolute atomic E-state index is 12.3. The Kier molecular flexibility index (Phi) is 3.63. The van der Waals surface area contributed by atoms with E-state index in [0.717, 1.165) is 47.4 Å². The highest BCUT2D eigenvalue weighted by Gasteiger charge is 2.34. The average Bonchev–Trinajstić information content (AvgIpc) is 3.39. The van der Waals surface area contributed by atoms with E-state index in [9.17, 15) is 14.4 Å². The Hall–Kier alpha value is -2.96. The lowest BCUT2D eigenvalue weighted by molar-refractivity contribution is -0.134. The molecule has 3 atom stereocenters. The molecule has 7 nitrogen and oxygen atoms in total. The Balaban J connectivity index is 1.63. The van der Waals surface area contributed by atoms with Crippen LogP contribution in [0.1, 0.15) is 55.2 Å². The molecule has 2 N–H and O–H groups in total. The molecule has 2 unspecified atom stereocenters. The molecule has 5 rings (SSSR count). The predicted octanol–water partition coefficient (Wildman–Crippen LogP) is 2.91. The number of rotatable bonds is 3. The zero-order valence-electron chi connectivity index (χ0n) is 14.7. The minimum atomic E-state index is -0.487. The number of carbonyl (C=O) groups excluding carboxylic acids is 3. The number of imide groups is 1. The molecule has 3 heterocycles. The van der Waals surface area contributed by atoms with Crippen LogP contribution >= 0.6 is 0 Å². The first-order valence-electron chi connectivity index (χ1n) is 9.34. The number of piperidine rings is 1. The summed E-state index contributed by atoms with van der Waals surface area (Å²) in [6, 6.07) is 3.97. The smallest absolute Gasteiger partial charge is 0.235 e. The van der Waals surface area contributed by atoms with Gasteiger partial charge in [-0.3, -0.25) is 14.9 Å². The lowest BCUT2D eigenvalue weighted by Crippen LogP contribution is -2.39. The number of amides is 2. The van der Waals surface area contributed by atoms with Crippen LogP contribution in [0.5, 0.6) is 0 Å². The van der Waals surface area contributed by atoms with Crippen molar-refractivity contribution in [1.29, 1.82) is 0 Å². The average molecular weight is 365 g/mol. The number of hydrogen-bond donors (Lipinski definition) is 2. The molecule has 2 aliphatic rings. The summed E-state index contributed by atoms with van der Waals surface area (Å²) < 4.78 is 5.61. The number of nitrogens with one attached hydrogen (secondary N) is 2. The summed E-state index contributed by atoms with van der Waals surface area (Å²) >= 11 is 0. The second kappa shape index (κ2) is 6.04. The molecule has 7 heteroatoms. The van der Waals surface area contributed by atoms with Crippen LogP contribution in [0.2, 0.25) is 0 Å². The Bertz CT molecular complexity index is 1080. The summed E-state index contributed by atoms with van der Waals surface area (Å²) in [5, 5.41) is 8.40. The van der Waals surface area contributed by atoms with Gasteiger partial charge in [-0.2, -0.15) is 0 Å². The lowest BCUT2D eigenvalue weighted by atomic mass is 9.89. The first-order chi connectivity index (χ1) is 13.2. The minimum absolute atomic E-state index is 0.115. The number of nitrogens with zero attached hydrogens (tertiary/aromatic N) is 1. The Morgan fingerprint density at radius 3 is 2.89 bits per heavy atom. The van der Waals surface area contributed by atoms with Crippen LogP contribution in [-0.4, -0.2) is 28.2 Å². The van der Waals surface area contributed by atoms with Crippen molar-refractivity contribution in [3.63, 3.8) is 0 Å². The second-order valence-corrected chi connectivity index (χ2v) is 7.58. The molecule has 0 bridgehead atoms. The van der Waals surface area contributed by atoms with Crippen molar-refractivity contribution in [1.82, 2.24) is 15.5 Å². The molecule has 2 amide bonds. The molecular formula is C20H19N3O4. The quantitative estimate of drug-likeness (QED) is 0.548. The van der Waals surface area contributed by atoms with E-state index < -0.39 is 5.92 Å². The summed E-state index contributed by atoms with van der Waals surface area (Å²) in [4.78, 5) is 38.2. The van der Waals surface area contributed by atoms with Gasteiger partial charge in [-0.1, -0.05) is 5.16 Å². The van der Waals surface area contributed by atoms with Crippen molar-refractivity contribution < 1.29 is 18.9 Å². The van der Waals surface area contributed by atoms with Crippen molar-refractivity contribution in [2.24, 2.45) is 5.92 Å². The summed E-state index contributed by atoms with van der Waals surface area (Å²) in [6.07, 6.45) is 6.39. The minimum Gasteiger partial charge on any atom is -0.361 e. The molecule has 1 saturated heterocycles. The van der Waals surface area contributed by atoms with Crippen molar-refractivity contribution in [3.8, 4) is 0 Å². The molecule has 1 aromatic carbocycles. The van der Waals surface area contributed by atoms with Crippen LogP contribution in [-0.2, 0) is 14.4 Å². The molecule has 1 aliphatic heterocycles. The summed E-state index contributed by atoms with van der Waals surface area (Å²) in [6.45, 7) is 0. The summed E-state index contributed by atoms with van der Waals surface area (Å²) in [5.74, 6) is -0.638. The fraction of sp³-hybridized carbons (Fsp3) is 0.400. The molecule has 2 aromatic heterocycles. The van der Waals surface area contributed by atoms with E-state index in [1.165, 1.54) is 0 Å². The number of benzene rings is 1. The largest absolute Gasteiger partial charge is 0.361 e. The number of aldehydes is 1. The number of aromatic nitrogens is 2. The van der Waals surface area contributed by atoms with Crippen molar-refractivity contribution in [2.45, 2.75) is 43.9 Å². The molecule has 0 spiro atoms. The highest BCUT2D eigenvalue weighted by atomic mass is 16.5. The van der Waals surface area contributed by atoms with Gasteiger partial charge in [0.1, 0.15) is 12.0 Å². The molecule has 2 fully saturated rings. The number of carbonyl (C=O) groups is 3. The van der Waals surface area contributed by atoms with Crippen molar-refractivity contribution in [2.75, 3.05) is 0 Å². The topological polar surface area (TPSA) is 105 Å². The van der Waals surface area contributed by atoms with E-state index in [4.69, 9.17) is 4.52 Å². The number of aromatic amines is 1. The third kappa shape index (κ3) is 2.49. The van der Waals surface area contributed by atoms with Crippen LogP contribution in [0.3, 0.4) is 0 Å². The van der Waals surface area contributed by atoms with E-state index in [1.807, 2.05) is 18.3 Å². The van der Waals surface area contributed by atoms with Gasteiger partial charge in [-0.05, 0) is 49.3 Å². The van der Waals surface area contributed by atoms with E-state index in [0.29, 0.717) is 30.0 Å². The maximum atomic E-state index is 12.3. The van der Waals surface area contributed by atoms with Crippen LogP contribution in [0, 0.1) is 5.92 Å². The fourth-order valence-electron chi connectivity index (χ4n) is 4.65. The van der Waals surface area contributed by atoms with Gasteiger partial charge in [-0.15, -0.1) is 0 Å². The first kappa shape index (κ1) is 16.2. The van der Waals surface area contributed by atoms with Gasteiger partial charge in [0.05, 0.1) is 11.3 Å². The highest BCUT2D eigenvalue weighted by Crippen LogP contribution is 2.43. The van der Waals surface area contributed by atoms with Gasteiger partial charge in [0.2, 0.25) is 11.8 Å². The fourth-order valence-corrected chi connectivity index (χ4v) is 4.65. The zero-order chi connectivity index (χ0) is 18.5. The third-order valence-corrected chi connectivity index (χ3v) is 6.01. The van der Waals surface area contributed by atoms with E-state index in [2.05, 4.69) is 15.5 Å². The Morgan fingerprint density at radius 2 is 2.11 bits per heavy atom. The number of H-pyrrole nitrogens is 1. The maximum Gasteiger partial charge on any atom is 0.235 e. The molecular weight excluding hydrogens is 346 g/mol. The Labute approximate surface area is 154 Å². The van der Waals surface area contributed by atoms with Crippen LogP contribution < -0.4 is 5.32 Å². The monoisotopic (exact) mass is 365 g/mol. The van der Waals surface area contributed by atoms with Crippen LogP contribution in [0.15, 0.2) is 22.9 Å². The first-order valence-corrected chi connectivity index (χ1v) is 9.34. The summed E-state index contributed by atoms with van der Waals surface area (Å²) in [7, 11) is 0. The zero-order valence-corrected chi connectivity index (χ0v) is 14.7. The molecule has 0 radical (unpaired) electrons. The molecule has 1 aliphatic carbocycles. The number of fused-ring (bicyclic) bond motifs is 3. The third-order valence-electron chi connectivity index (χ3n) is 6.01. The molecule has 27 heavy (non-hydrogen) atoms. The van der Waals surface area contributed by atoms with Crippen molar-refractivity contribution in [3.05, 3.63) is 29.6 Å². The van der Waals surface area contributed by atoms with Crippen LogP contribution in [0.25, 0.3) is 21.9 Å². The summed E-state index contributed by atoms with van der Waals surface area (Å²) in [5.41, 5.74) is 3.38. The van der Waals surface area contributed by atoms with Gasteiger partial charge in [0, 0.05) is 29.4 Å². The standard InChI is InChI=1S/C20H19N3O4/c24-9-10-1-2-11(7-10)14-8-15-17(12-5-6-21-18(12)14)19(23-27-15)13-3-4-16(25)22-20(13)26/h5-6,8-11,13,21H,1-4,7H2,(H,22,25,26)/t10-,11?,13?/m1/s1. The van der Waals surface area contributed by atoms with Crippen molar-refractivity contribution >= 4 is 40.0 Å². The van der Waals surface area contributed by atoms with Gasteiger partial charge < -0.3 is 14.3 Å². The van der Waals surface area contributed by atoms with Gasteiger partial charge in [-0.25, -0.2) is 0 Å². The molecule has 1 saturated carbocycles. The van der Waals surface area contributed by atoms with Crippen LogP contribution in [0.4, 0.5) is 0 Å². The van der Waals surface area contributed by atoms with Gasteiger partial charge in [0.15, 0.2) is 5.58 Å². The normalized spacial score (nSPS) is 26.0. The highest BCUT2D eigenvalue weighted by molar-refractivity contribution is 6.10. The number of hydrogen-bond acceptors (Lipinski definition) is 5. The SMILES string of the molecule is O=C[C@@H]1CCC(c2cc3onc(C4CCC(=O)NC4=O)c3c3cc[nH]c23)C1. The van der Waals surface area contributed by atoms with Gasteiger partial charge in [0.25, 0.3) is 0 Å². The Morgan fingerprint density at radius 1 is 1.22 bits per heavy atom.